The van der Waals surface area contributed by atoms with Crippen LogP contribution in [0.4, 0.5) is 13.2 Å². The highest BCUT2D eigenvalue weighted by Gasteiger charge is 2.33. The monoisotopic (exact) mass is 356 g/mol. The topological polar surface area (TPSA) is 75.3 Å². The summed E-state index contributed by atoms with van der Waals surface area (Å²) in [5.41, 5.74) is 1.13. The number of halogens is 4. The van der Waals surface area contributed by atoms with Gasteiger partial charge >= 0.3 is 6.18 Å². The summed E-state index contributed by atoms with van der Waals surface area (Å²) < 4.78 is 59.3. The lowest BCUT2D eigenvalue weighted by Crippen LogP contribution is -2.43. The van der Waals surface area contributed by atoms with E-state index in [2.05, 4.69) is 10.6 Å². The molecule has 0 fully saturated rings. The van der Waals surface area contributed by atoms with Crippen molar-refractivity contribution in [3.05, 3.63) is 29.3 Å². The van der Waals surface area contributed by atoms with Crippen LogP contribution in [-0.4, -0.2) is 27.0 Å². The van der Waals surface area contributed by atoms with Gasteiger partial charge < -0.3 is 5.32 Å². The Hall–Kier alpha value is -1.32. The number of carbonyl (C=O) groups is 1. The lowest BCUT2D eigenvalue weighted by atomic mass is 9.98. The Labute approximate surface area is 129 Å². The van der Waals surface area contributed by atoms with Crippen molar-refractivity contribution in [3.63, 3.8) is 0 Å². The molecular weight excluding hydrogens is 345 g/mol. The van der Waals surface area contributed by atoms with Crippen LogP contribution in [0.15, 0.2) is 23.1 Å². The molecule has 0 saturated heterocycles. The summed E-state index contributed by atoms with van der Waals surface area (Å²) in [7, 11) is 1.29. The normalized spacial score (nSPS) is 18.6. The Morgan fingerprint density at radius 2 is 2.09 bits per heavy atom. The molecule has 10 heteroatoms. The number of alkyl halides is 3. The maximum atomic E-state index is 12.2. The molecule has 1 aromatic rings. The molecular formula is C12H12ClF3N2O3S. The highest BCUT2D eigenvalue weighted by Crippen LogP contribution is 2.27. The van der Waals surface area contributed by atoms with Crippen molar-refractivity contribution in [2.75, 3.05) is 6.54 Å². The van der Waals surface area contributed by atoms with Crippen LogP contribution in [0.25, 0.3) is 0 Å². The zero-order valence-corrected chi connectivity index (χ0v) is 12.6. The first kappa shape index (κ1) is 17.0. The lowest BCUT2D eigenvalue weighted by molar-refractivity contribution is -0.154. The van der Waals surface area contributed by atoms with E-state index in [1.807, 2.05) is 0 Å². The van der Waals surface area contributed by atoms with Crippen LogP contribution < -0.4 is 10.6 Å². The molecule has 0 spiro atoms. The summed E-state index contributed by atoms with van der Waals surface area (Å²) in [5, 5.41) is 5.04. The molecule has 1 aromatic carbocycles. The number of carbonyl (C=O) groups excluding carboxylic acids is 1. The summed E-state index contributed by atoms with van der Waals surface area (Å²) in [5.74, 6) is -1.20. The van der Waals surface area contributed by atoms with Gasteiger partial charge in [-0.2, -0.15) is 13.2 Å². The van der Waals surface area contributed by atoms with E-state index in [9.17, 15) is 26.4 Å². The smallest absolute Gasteiger partial charge is 0.336 e. The van der Waals surface area contributed by atoms with Crippen LogP contribution in [0, 0.1) is 0 Å². The van der Waals surface area contributed by atoms with E-state index >= 15 is 0 Å². The molecule has 122 valence electrons. The minimum Gasteiger partial charge on any atom is -0.336 e. The molecule has 1 heterocycles. The average molecular weight is 357 g/mol. The van der Waals surface area contributed by atoms with Crippen molar-refractivity contribution < 1.29 is 26.4 Å². The lowest BCUT2D eigenvalue weighted by Gasteiger charge is -2.28. The van der Waals surface area contributed by atoms with E-state index in [1.165, 1.54) is 18.2 Å². The molecule has 1 atom stereocenters. The van der Waals surface area contributed by atoms with Crippen LogP contribution in [0.5, 0.6) is 0 Å². The number of hydrogen-bond acceptors (Lipinski definition) is 4. The SMILES string of the molecule is O=C(CC(F)(F)F)NC1NCCc2ccc(S(=O)(=O)Cl)cc21. The fourth-order valence-electron chi connectivity index (χ4n) is 2.21. The van der Waals surface area contributed by atoms with Gasteiger partial charge in [-0.15, -0.1) is 0 Å². The minimum absolute atomic E-state index is 0.174. The number of hydrogen-bond donors (Lipinski definition) is 2. The van der Waals surface area contributed by atoms with E-state index in [4.69, 9.17) is 10.7 Å². The van der Waals surface area contributed by atoms with Gasteiger partial charge in [-0.05, 0) is 29.7 Å². The number of rotatable bonds is 3. The molecule has 5 nitrogen and oxygen atoms in total. The summed E-state index contributed by atoms with van der Waals surface area (Å²) in [6.07, 6.45) is -6.54. The number of amides is 1. The second kappa shape index (κ2) is 6.05. The number of fused-ring (bicyclic) bond motifs is 1. The first-order chi connectivity index (χ1) is 10.1. The maximum Gasteiger partial charge on any atom is 0.397 e. The van der Waals surface area contributed by atoms with Crippen molar-refractivity contribution in [3.8, 4) is 0 Å². The maximum absolute atomic E-state index is 12.2. The predicted octanol–water partition coefficient (Wildman–Crippen LogP) is 1.83. The Kier molecular flexibility index (Phi) is 4.69. The zero-order chi connectivity index (χ0) is 16.5. The van der Waals surface area contributed by atoms with Gasteiger partial charge in [0.1, 0.15) is 12.6 Å². The molecule has 0 saturated carbocycles. The Morgan fingerprint density at radius 1 is 1.41 bits per heavy atom. The average Bonchev–Trinajstić information content (AvgIpc) is 2.35. The summed E-state index contributed by atoms with van der Waals surface area (Å²) in [4.78, 5) is 11.2. The van der Waals surface area contributed by atoms with Crippen molar-refractivity contribution in [2.24, 2.45) is 0 Å². The third-order valence-electron chi connectivity index (χ3n) is 3.12. The molecule has 2 N–H and O–H groups in total. The van der Waals surface area contributed by atoms with Crippen LogP contribution in [-0.2, 0) is 20.3 Å². The second-order valence-electron chi connectivity index (χ2n) is 4.80. The van der Waals surface area contributed by atoms with Crippen LogP contribution in [0.1, 0.15) is 23.7 Å². The minimum atomic E-state index is -4.61. The highest BCUT2D eigenvalue weighted by atomic mass is 35.7. The Balaban J connectivity index is 2.25. The van der Waals surface area contributed by atoms with Gasteiger partial charge in [0.15, 0.2) is 0 Å². The quantitative estimate of drug-likeness (QED) is 0.810. The molecule has 22 heavy (non-hydrogen) atoms. The summed E-state index contributed by atoms with van der Waals surface area (Å²) >= 11 is 0. The van der Waals surface area contributed by atoms with Gasteiger partial charge in [-0.1, -0.05) is 6.07 Å². The van der Waals surface area contributed by atoms with Crippen LogP contribution in [0.3, 0.4) is 0 Å². The number of nitrogens with one attached hydrogen (secondary N) is 2. The van der Waals surface area contributed by atoms with Crippen LogP contribution >= 0.6 is 10.7 Å². The molecule has 1 unspecified atom stereocenters. The molecule has 1 amide bonds. The van der Waals surface area contributed by atoms with Crippen molar-refractivity contribution in [2.45, 2.75) is 30.1 Å². The first-order valence-electron chi connectivity index (χ1n) is 6.23. The molecule has 0 bridgehead atoms. The third-order valence-corrected chi connectivity index (χ3v) is 4.47. The standard InChI is InChI=1S/C12H12ClF3N2O3S/c13-22(20,21)8-2-1-7-3-4-17-11(9(7)5-8)18-10(19)6-12(14,15)16/h1-2,5,11,17H,3-4,6H2,(H,18,19). The molecule has 0 aliphatic carbocycles. The fourth-order valence-corrected chi connectivity index (χ4v) is 2.99. The predicted molar refractivity (Wildman–Crippen MR) is 72.7 cm³/mol. The van der Waals surface area contributed by atoms with Gasteiger partial charge in [-0.25, -0.2) is 8.42 Å². The molecule has 0 radical (unpaired) electrons. The molecule has 1 aliphatic heterocycles. The Morgan fingerprint density at radius 3 is 2.68 bits per heavy atom. The van der Waals surface area contributed by atoms with E-state index in [1.54, 1.807) is 0 Å². The van der Waals surface area contributed by atoms with E-state index in [0.717, 1.165) is 5.56 Å². The van der Waals surface area contributed by atoms with Gasteiger partial charge in [0.05, 0.1) is 4.90 Å². The van der Waals surface area contributed by atoms with Gasteiger partial charge in [0.25, 0.3) is 9.05 Å². The summed E-state index contributed by atoms with van der Waals surface area (Å²) in [6, 6.07) is 4.11. The second-order valence-corrected chi connectivity index (χ2v) is 7.36. The largest absolute Gasteiger partial charge is 0.397 e. The van der Waals surface area contributed by atoms with E-state index < -0.39 is 33.7 Å². The van der Waals surface area contributed by atoms with Crippen molar-refractivity contribution >= 4 is 25.6 Å². The first-order valence-corrected chi connectivity index (χ1v) is 8.54. The fraction of sp³-hybridized carbons (Fsp3) is 0.417. The third kappa shape index (κ3) is 4.34. The molecule has 2 rings (SSSR count). The van der Waals surface area contributed by atoms with Crippen LogP contribution in [0.2, 0.25) is 0 Å². The number of benzene rings is 1. The molecule has 0 aromatic heterocycles. The molecule has 1 aliphatic rings. The van der Waals surface area contributed by atoms with Crippen molar-refractivity contribution in [1.82, 2.24) is 10.6 Å². The van der Waals surface area contributed by atoms with Gasteiger partial charge in [-0.3, -0.25) is 10.1 Å². The van der Waals surface area contributed by atoms with E-state index in [-0.39, 0.29) is 4.90 Å². The van der Waals surface area contributed by atoms with Gasteiger partial charge in [0.2, 0.25) is 5.91 Å². The Bertz CT molecular complexity index is 691. The van der Waals surface area contributed by atoms with Crippen molar-refractivity contribution in [1.29, 1.82) is 0 Å². The zero-order valence-electron chi connectivity index (χ0n) is 11.1. The van der Waals surface area contributed by atoms with Gasteiger partial charge in [0, 0.05) is 17.2 Å². The highest BCUT2D eigenvalue weighted by molar-refractivity contribution is 8.13. The summed E-state index contributed by atoms with van der Waals surface area (Å²) in [6.45, 7) is 0.441. The van der Waals surface area contributed by atoms with E-state index in [0.29, 0.717) is 18.5 Å².